The van der Waals surface area contributed by atoms with E-state index in [2.05, 4.69) is 55.4 Å². The first-order valence-corrected chi connectivity index (χ1v) is 8.47. The summed E-state index contributed by atoms with van der Waals surface area (Å²) in [5, 5.41) is 4.30. The molecule has 0 fully saturated rings. The molecule has 2 nitrogen and oxygen atoms in total. The first-order chi connectivity index (χ1) is 10.1. The van der Waals surface area contributed by atoms with Crippen LogP contribution in [0.5, 0.6) is 0 Å². The summed E-state index contributed by atoms with van der Waals surface area (Å²) in [5.74, 6) is 0. The third-order valence-electron chi connectivity index (χ3n) is 3.75. The molecule has 0 aliphatic rings. The molecule has 0 aliphatic carbocycles. The largest absolute Gasteiger partial charge is 0.311 e. The van der Waals surface area contributed by atoms with Crippen molar-refractivity contribution in [2.75, 3.05) is 20.1 Å². The zero-order valence-electron chi connectivity index (χ0n) is 12.9. The Labute approximate surface area is 136 Å². The van der Waals surface area contributed by atoms with Crippen LogP contribution in [-0.2, 0) is 6.54 Å². The fourth-order valence-electron chi connectivity index (χ4n) is 2.24. The van der Waals surface area contributed by atoms with Gasteiger partial charge in [0.2, 0.25) is 0 Å². The highest BCUT2D eigenvalue weighted by Gasteiger charge is 2.10. The number of hydrogen-bond donors (Lipinski definition) is 1. The zero-order valence-corrected chi connectivity index (χ0v) is 14.5. The van der Waals surface area contributed by atoms with Crippen molar-refractivity contribution in [3.63, 3.8) is 0 Å². The predicted octanol–water partition coefficient (Wildman–Crippen LogP) is 4.49. The third kappa shape index (κ3) is 5.11. The van der Waals surface area contributed by atoms with Gasteiger partial charge in [-0.05, 0) is 50.7 Å². The molecule has 2 rings (SSSR count). The van der Waals surface area contributed by atoms with E-state index >= 15 is 0 Å². The summed E-state index contributed by atoms with van der Waals surface area (Å²) >= 11 is 7.80. The standard InChI is InChI=1S/C17H23ClN2S/c1-13-4-9-17(21-13)12-19-10-11-20(3)14(2)15-5-7-16(18)8-6-15/h4-9,14,19H,10-12H2,1-3H3. The first-order valence-electron chi connectivity index (χ1n) is 7.28. The Bertz CT molecular complexity index is 550. The van der Waals surface area contributed by atoms with E-state index in [0.29, 0.717) is 6.04 Å². The van der Waals surface area contributed by atoms with E-state index < -0.39 is 0 Å². The molecule has 1 N–H and O–H groups in total. The molecule has 1 aromatic heterocycles. The quantitative estimate of drug-likeness (QED) is 0.755. The van der Waals surface area contributed by atoms with Gasteiger partial charge in [-0.1, -0.05) is 23.7 Å². The number of hydrogen-bond acceptors (Lipinski definition) is 3. The van der Waals surface area contributed by atoms with Crippen LogP contribution in [0.25, 0.3) is 0 Å². The normalized spacial score (nSPS) is 12.8. The molecule has 0 spiro atoms. The lowest BCUT2D eigenvalue weighted by Crippen LogP contribution is -2.30. The molecule has 1 heterocycles. The van der Waals surface area contributed by atoms with Crippen molar-refractivity contribution in [2.24, 2.45) is 0 Å². The monoisotopic (exact) mass is 322 g/mol. The van der Waals surface area contributed by atoms with Gasteiger partial charge < -0.3 is 5.32 Å². The molecule has 0 aliphatic heterocycles. The molecule has 2 aromatic rings. The number of aryl methyl sites for hydroxylation is 1. The summed E-state index contributed by atoms with van der Waals surface area (Å²) in [7, 11) is 2.16. The zero-order chi connectivity index (χ0) is 15.2. The number of halogens is 1. The summed E-state index contributed by atoms with van der Waals surface area (Å²) < 4.78 is 0. The Morgan fingerprint density at radius 1 is 1.19 bits per heavy atom. The summed E-state index contributed by atoms with van der Waals surface area (Å²) in [6.45, 7) is 7.35. The van der Waals surface area contributed by atoms with E-state index in [4.69, 9.17) is 11.6 Å². The predicted molar refractivity (Wildman–Crippen MR) is 93.3 cm³/mol. The van der Waals surface area contributed by atoms with E-state index in [1.54, 1.807) is 0 Å². The summed E-state index contributed by atoms with van der Waals surface area (Å²) in [6, 6.07) is 12.9. The van der Waals surface area contributed by atoms with Crippen molar-refractivity contribution < 1.29 is 0 Å². The highest BCUT2D eigenvalue weighted by molar-refractivity contribution is 7.11. The van der Waals surface area contributed by atoms with Gasteiger partial charge in [0.1, 0.15) is 0 Å². The third-order valence-corrected chi connectivity index (χ3v) is 5.00. The van der Waals surface area contributed by atoms with Gasteiger partial charge in [0.25, 0.3) is 0 Å². The number of benzene rings is 1. The van der Waals surface area contributed by atoms with Crippen molar-refractivity contribution in [2.45, 2.75) is 26.4 Å². The maximum absolute atomic E-state index is 5.94. The number of likely N-dealkylation sites (N-methyl/N-ethyl adjacent to an activating group) is 1. The van der Waals surface area contributed by atoms with E-state index in [0.717, 1.165) is 24.7 Å². The van der Waals surface area contributed by atoms with Gasteiger partial charge >= 0.3 is 0 Å². The van der Waals surface area contributed by atoms with Gasteiger partial charge in [-0.2, -0.15) is 0 Å². The molecule has 1 unspecified atom stereocenters. The minimum absolute atomic E-state index is 0.396. The molecule has 0 saturated carbocycles. The molecular weight excluding hydrogens is 300 g/mol. The van der Waals surface area contributed by atoms with Gasteiger partial charge in [0.15, 0.2) is 0 Å². The van der Waals surface area contributed by atoms with Crippen molar-refractivity contribution in [1.29, 1.82) is 0 Å². The van der Waals surface area contributed by atoms with Crippen LogP contribution in [-0.4, -0.2) is 25.0 Å². The van der Waals surface area contributed by atoms with Crippen LogP contribution in [0.15, 0.2) is 36.4 Å². The summed E-state index contributed by atoms with van der Waals surface area (Å²) in [4.78, 5) is 5.14. The van der Waals surface area contributed by atoms with Crippen molar-refractivity contribution in [3.05, 3.63) is 56.7 Å². The average Bonchev–Trinajstić information content (AvgIpc) is 2.89. The van der Waals surface area contributed by atoms with Gasteiger partial charge in [0.05, 0.1) is 0 Å². The number of thiophene rings is 1. The van der Waals surface area contributed by atoms with Crippen LogP contribution in [0.3, 0.4) is 0 Å². The Morgan fingerprint density at radius 2 is 1.90 bits per heavy atom. The molecule has 114 valence electrons. The SMILES string of the molecule is Cc1ccc(CNCCN(C)C(C)c2ccc(Cl)cc2)s1. The van der Waals surface area contributed by atoms with E-state index in [9.17, 15) is 0 Å². The molecule has 0 bridgehead atoms. The van der Waals surface area contributed by atoms with Gasteiger partial charge in [0, 0.05) is 40.5 Å². The van der Waals surface area contributed by atoms with Crippen molar-refractivity contribution >= 4 is 22.9 Å². The maximum atomic E-state index is 5.94. The topological polar surface area (TPSA) is 15.3 Å². The molecular formula is C17H23ClN2S. The van der Waals surface area contributed by atoms with E-state index in [-0.39, 0.29) is 0 Å². The lowest BCUT2D eigenvalue weighted by molar-refractivity contribution is 0.261. The second-order valence-electron chi connectivity index (χ2n) is 5.40. The Hall–Kier alpha value is -0.870. The highest BCUT2D eigenvalue weighted by atomic mass is 35.5. The molecule has 0 saturated heterocycles. The average molecular weight is 323 g/mol. The molecule has 1 atom stereocenters. The van der Waals surface area contributed by atoms with Crippen molar-refractivity contribution in [1.82, 2.24) is 10.2 Å². The molecule has 21 heavy (non-hydrogen) atoms. The lowest BCUT2D eigenvalue weighted by Gasteiger charge is -2.25. The first kappa shape index (κ1) is 16.5. The van der Waals surface area contributed by atoms with Gasteiger partial charge in [-0.25, -0.2) is 0 Å². The molecule has 4 heteroatoms. The van der Waals surface area contributed by atoms with Gasteiger partial charge in [-0.3, -0.25) is 4.90 Å². The van der Waals surface area contributed by atoms with Crippen LogP contribution in [0.4, 0.5) is 0 Å². The number of nitrogens with one attached hydrogen (secondary N) is 1. The fraction of sp³-hybridized carbons (Fsp3) is 0.412. The molecule has 0 radical (unpaired) electrons. The minimum atomic E-state index is 0.396. The Kier molecular flexibility index (Phi) is 6.24. The van der Waals surface area contributed by atoms with Crippen LogP contribution >= 0.6 is 22.9 Å². The lowest BCUT2D eigenvalue weighted by atomic mass is 10.1. The van der Waals surface area contributed by atoms with Crippen LogP contribution < -0.4 is 5.32 Å². The maximum Gasteiger partial charge on any atom is 0.0406 e. The van der Waals surface area contributed by atoms with Crippen LogP contribution in [0, 0.1) is 6.92 Å². The molecule has 1 aromatic carbocycles. The van der Waals surface area contributed by atoms with Crippen LogP contribution in [0.1, 0.15) is 28.3 Å². The minimum Gasteiger partial charge on any atom is -0.311 e. The smallest absolute Gasteiger partial charge is 0.0406 e. The second kappa shape index (κ2) is 7.95. The van der Waals surface area contributed by atoms with E-state index in [1.165, 1.54) is 15.3 Å². The van der Waals surface area contributed by atoms with Gasteiger partial charge in [-0.15, -0.1) is 11.3 Å². The van der Waals surface area contributed by atoms with Crippen LogP contribution in [0.2, 0.25) is 5.02 Å². The Balaban J connectivity index is 1.73. The Morgan fingerprint density at radius 3 is 2.52 bits per heavy atom. The van der Waals surface area contributed by atoms with Crippen molar-refractivity contribution in [3.8, 4) is 0 Å². The summed E-state index contributed by atoms with van der Waals surface area (Å²) in [5.41, 5.74) is 1.30. The summed E-state index contributed by atoms with van der Waals surface area (Å²) in [6.07, 6.45) is 0. The van der Waals surface area contributed by atoms with E-state index in [1.807, 2.05) is 23.5 Å². The second-order valence-corrected chi connectivity index (χ2v) is 7.21. The number of nitrogens with zero attached hydrogens (tertiary/aromatic N) is 1. The highest BCUT2D eigenvalue weighted by Crippen LogP contribution is 2.20. The number of rotatable bonds is 7. The molecule has 0 amide bonds. The fourth-order valence-corrected chi connectivity index (χ4v) is 3.22.